The summed E-state index contributed by atoms with van der Waals surface area (Å²) in [5.41, 5.74) is 0. The predicted octanol–water partition coefficient (Wildman–Crippen LogP) is 0.553. The highest BCUT2D eigenvalue weighted by Crippen LogP contribution is 2.39. The van der Waals surface area contributed by atoms with Crippen molar-refractivity contribution in [3.63, 3.8) is 0 Å². The second-order valence-corrected chi connectivity index (χ2v) is 3.49. The smallest absolute Gasteiger partial charge is 0.147 e. The van der Waals surface area contributed by atoms with E-state index < -0.39 is 0 Å². The molecule has 0 radical (unpaired) electrons. The van der Waals surface area contributed by atoms with Crippen LogP contribution in [-0.2, 0) is 18.9 Å². The Morgan fingerprint density at radius 1 is 1.23 bits per heavy atom. The molecule has 0 aromatic rings. The molecule has 1 aliphatic carbocycles. The van der Waals surface area contributed by atoms with Crippen LogP contribution in [0.4, 0.5) is 0 Å². The van der Waals surface area contributed by atoms with Gasteiger partial charge in [-0.1, -0.05) is 0 Å². The number of hydrogen-bond donors (Lipinski definition) is 0. The molecule has 0 spiro atoms. The molecule has 2 aliphatic rings. The zero-order chi connectivity index (χ0) is 9.10. The molecule has 4 heteroatoms. The third kappa shape index (κ3) is 2.64. The Morgan fingerprint density at radius 2 is 2.00 bits per heavy atom. The summed E-state index contributed by atoms with van der Waals surface area (Å²) in [6.45, 7) is 1.61. The lowest BCUT2D eigenvalue weighted by Crippen LogP contribution is -2.15. The van der Waals surface area contributed by atoms with E-state index in [4.69, 9.17) is 18.9 Å². The van der Waals surface area contributed by atoms with Gasteiger partial charge in [-0.05, 0) is 0 Å². The van der Waals surface area contributed by atoms with Crippen molar-refractivity contribution in [3.05, 3.63) is 0 Å². The van der Waals surface area contributed by atoms with E-state index in [1.807, 2.05) is 0 Å². The lowest BCUT2D eigenvalue weighted by atomic mass is 10.3. The standard InChI is InChI=1S/C9H16O4/c1-10-2-3-11-6-12-7-4-8-9(5-7)13-8/h7-9H,2-6H2,1H3/t7?,8-,9+. The van der Waals surface area contributed by atoms with Crippen LogP contribution < -0.4 is 0 Å². The first-order chi connectivity index (χ1) is 6.40. The zero-order valence-corrected chi connectivity index (χ0v) is 7.90. The van der Waals surface area contributed by atoms with Crippen LogP contribution in [0.25, 0.3) is 0 Å². The minimum Gasteiger partial charge on any atom is -0.382 e. The molecule has 0 aromatic heterocycles. The molecule has 13 heavy (non-hydrogen) atoms. The summed E-state index contributed by atoms with van der Waals surface area (Å²) in [6, 6.07) is 0. The molecule has 0 aromatic carbocycles. The van der Waals surface area contributed by atoms with Gasteiger partial charge in [0.25, 0.3) is 0 Å². The minimum atomic E-state index is 0.353. The molecular formula is C9H16O4. The summed E-state index contributed by atoms with van der Waals surface area (Å²) in [5.74, 6) is 0. The Bertz CT molecular complexity index is 152. The van der Waals surface area contributed by atoms with Gasteiger partial charge in [0, 0.05) is 20.0 Å². The van der Waals surface area contributed by atoms with Gasteiger partial charge in [0.1, 0.15) is 6.79 Å². The minimum absolute atomic E-state index is 0.353. The number of hydrogen-bond acceptors (Lipinski definition) is 4. The van der Waals surface area contributed by atoms with Crippen LogP contribution in [0.3, 0.4) is 0 Å². The van der Waals surface area contributed by atoms with Gasteiger partial charge in [-0.25, -0.2) is 0 Å². The monoisotopic (exact) mass is 188 g/mol. The van der Waals surface area contributed by atoms with Gasteiger partial charge in [0.15, 0.2) is 0 Å². The first-order valence-corrected chi connectivity index (χ1v) is 4.74. The number of rotatable bonds is 6. The first kappa shape index (κ1) is 9.40. The highest BCUT2D eigenvalue weighted by atomic mass is 16.7. The second kappa shape index (κ2) is 4.37. The van der Waals surface area contributed by atoms with Crippen LogP contribution in [0.5, 0.6) is 0 Å². The van der Waals surface area contributed by atoms with E-state index in [2.05, 4.69) is 0 Å². The van der Waals surface area contributed by atoms with Crippen molar-refractivity contribution in [2.45, 2.75) is 31.2 Å². The molecule has 1 heterocycles. The van der Waals surface area contributed by atoms with E-state index >= 15 is 0 Å². The first-order valence-electron chi connectivity index (χ1n) is 4.74. The van der Waals surface area contributed by atoms with E-state index in [1.165, 1.54) is 0 Å². The molecule has 2 fully saturated rings. The summed E-state index contributed by atoms with van der Waals surface area (Å²) >= 11 is 0. The van der Waals surface area contributed by atoms with Crippen molar-refractivity contribution in [3.8, 4) is 0 Å². The lowest BCUT2D eigenvalue weighted by Gasteiger charge is -2.12. The van der Waals surface area contributed by atoms with E-state index in [0.717, 1.165) is 12.8 Å². The molecule has 4 nitrogen and oxygen atoms in total. The van der Waals surface area contributed by atoms with Crippen LogP contribution in [0, 0.1) is 0 Å². The number of fused-ring (bicyclic) bond motifs is 1. The average molecular weight is 188 g/mol. The summed E-state index contributed by atoms with van der Waals surface area (Å²) in [6.07, 6.45) is 3.41. The zero-order valence-electron chi connectivity index (χ0n) is 7.90. The van der Waals surface area contributed by atoms with Crippen molar-refractivity contribution in [1.29, 1.82) is 0 Å². The Labute approximate surface area is 78.1 Å². The largest absolute Gasteiger partial charge is 0.382 e. The van der Waals surface area contributed by atoms with Crippen LogP contribution in [0.1, 0.15) is 12.8 Å². The van der Waals surface area contributed by atoms with Gasteiger partial charge < -0.3 is 18.9 Å². The van der Waals surface area contributed by atoms with Gasteiger partial charge in [0.05, 0.1) is 31.5 Å². The summed E-state index contributed by atoms with van der Waals surface area (Å²) in [5, 5.41) is 0. The maximum Gasteiger partial charge on any atom is 0.147 e. The van der Waals surface area contributed by atoms with Crippen molar-refractivity contribution in [2.24, 2.45) is 0 Å². The predicted molar refractivity (Wildman–Crippen MR) is 45.5 cm³/mol. The third-order valence-corrected chi connectivity index (χ3v) is 2.50. The van der Waals surface area contributed by atoms with Gasteiger partial charge in [-0.3, -0.25) is 0 Å². The molecule has 0 N–H and O–H groups in total. The maximum absolute atomic E-state index is 5.49. The molecule has 1 saturated carbocycles. The van der Waals surface area contributed by atoms with E-state index in [1.54, 1.807) is 7.11 Å². The molecule has 76 valence electrons. The fourth-order valence-electron chi connectivity index (χ4n) is 1.69. The SMILES string of the molecule is COCCOCOC1C[C@@H]2O[C@@H]2C1. The van der Waals surface area contributed by atoms with Crippen LogP contribution in [-0.4, -0.2) is 45.4 Å². The maximum atomic E-state index is 5.49. The van der Waals surface area contributed by atoms with Gasteiger partial charge >= 0.3 is 0 Å². The third-order valence-electron chi connectivity index (χ3n) is 2.50. The molecule has 0 bridgehead atoms. The van der Waals surface area contributed by atoms with Crippen molar-refractivity contribution >= 4 is 0 Å². The highest BCUT2D eigenvalue weighted by Gasteiger charge is 2.48. The van der Waals surface area contributed by atoms with Crippen LogP contribution in [0.2, 0.25) is 0 Å². The van der Waals surface area contributed by atoms with Gasteiger partial charge in [0.2, 0.25) is 0 Å². The highest BCUT2D eigenvalue weighted by molar-refractivity contribution is 4.96. The molecule has 0 amide bonds. The Kier molecular flexibility index (Phi) is 3.16. The number of ether oxygens (including phenoxy) is 4. The molecular weight excluding hydrogens is 172 g/mol. The quantitative estimate of drug-likeness (QED) is 0.347. The molecule has 1 aliphatic heterocycles. The van der Waals surface area contributed by atoms with Crippen LogP contribution >= 0.6 is 0 Å². The van der Waals surface area contributed by atoms with E-state index in [0.29, 0.717) is 38.3 Å². The van der Waals surface area contributed by atoms with E-state index in [-0.39, 0.29) is 0 Å². The topological polar surface area (TPSA) is 40.2 Å². The van der Waals surface area contributed by atoms with E-state index in [9.17, 15) is 0 Å². The summed E-state index contributed by atoms with van der Waals surface area (Å²) in [4.78, 5) is 0. The van der Waals surface area contributed by atoms with Crippen molar-refractivity contribution in [1.82, 2.24) is 0 Å². The molecule has 1 unspecified atom stereocenters. The average Bonchev–Trinajstić information content (AvgIpc) is 2.74. The fourth-order valence-corrected chi connectivity index (χ4v) is 1.69. The number of epoxide rings is 1. The van der Waals surface area contributed by atoms with Crippen molar-refractivity contribution in [2.75, 3.05) is 27.1 Å². The lowest BCUT2D eigenvalue weighted by molar-refractivity contribution is -0.102. The summed E-state index contributed by atoms with van der Waals surface area (Å²) in [7, 11) is 1.66. The Balaban J connectivity index is 1.44. The Hall–Kier alpha value is -0.160. The van der Waals surface area contributed by atoms with Crippen LogP contribution in [0.15, 0.2) is 0 Å². The molecule has 1 saturated heterocycles. The fraction of sp³-hybridized carbons (Fsp3) is 1.00. The number of methoxy groups -OCH3 is 1. The second-order valence-electron chi connectivity index (χ2n) is 3.49. The normalized spacial score (nSPS) is 36.2. The summed E-state index contributed by atoms with van der Waals surface area (Å²) < 4.78 is 20.8. The Morgan fingerprint density at radius 3 is 2.69 bits per heavy atom. The van der Waals surface area contributed by atoms with Gasteiger partial charge in [-0.15, -0.1) is 0 Å². The molecule has 3 atom stereocenters. The molecule has 2 rings (SSSR count). The van der Waals surface area contributed by atoms with Crippen molar-refractivity contribution < 1.29 is 18.9 Å². The van der Waals surface area contributed by atoms with Gasteiger partial charge in [-0.2, -0.15) is 0 Å².